The molecule has 0 aromatic heterocycles. The lowest BCUT2D eigenvalue weighted by atomic mass is 10.1. The van der Waals surface area contributed by atoms with Crippen LogP contribution in [0.25, 0.3) is 0 Å². The molecule has 0 heterocycles. The SMILES string of the molecule is CCOc1ccccc1C(=O)NC[C@@H](O)c1ccccc1F. The number of nitrogens with one attached hydrogen (secondary N) is 1. The molecule has 1 amide bonds. The number of para-hydroxylation sites is 1. The van der Waals surface area contributed by atoms with Gasteiger partial charge in [0.25, 0.3) is 5.91 Å². The monoisotopic (exact) mass is 303 g/mol. The van der Waals surface area contributed by atoms with Crippen molar-refractivity contribution < 1.29 is 19.0 Å². The molecule has 2 rings (SSSR count). The molecule has 0 aliphatic carbocycles. The van der Waals surface area contributed by atoms with Crippen molar-refractivity contribution in [3.05, 3.63) is 65.5 Å². The van der Waals surface area contributed by atoms with Gasteiger partial charge in [-0.25, -0.2) is 4.39 Å². The third-order valence-corrected chi connectivity index (χ3v) is 3.15. The van der Waals surface area contributed by atoms with Crippen molar-refractivity contribution in [1.29, 1.82) is 0 Å². The van der Waals surface area contributed by atoms with Crippen LogP contribution in [-0.4, -0.2) is 24.2 Å². The number of aliphatic hydroxyl groups excluding tert-OH is 1. The smallest absolute Gasteiger partial charge is 0.255 e. The van der Waals surface area contributed by atoms with Crippen molar-refractivity contribution in [3.8, 4) is 5.75 Å². The number of aliphatic hydroxyl groups is 1. The van der Waals surface area contributed by atoms with E-state index in [1.807, 2.05) is 6.92 Å². The molecule has 5 heteroatoms. The molecule has 22 heavy (non-hydrogen) atoms. The second-order valence-corrected chi connectivity index (χ2v) is 4.68. The first-order chi connectivity index (χ1) is 10.6. The summed E-state index contributed by atoms with van der Waals surface area (Å²) in [6, 6.07) is 12.8. The van der Waals surface area contributed by atoms with Gasteiger partial charge >= 0.3 is 0 Å². The van der Waals surface area contributed by atoms with Gasteiger partial charge in [0.2, 0.25) is 0 Å². The molecular weight excluding hydrogens is 285 g/mol. The van der Waals surface area contributed by atoms with E-state index < -0.39 is 11.9 Å². The van der Waals surface area contributed by atoms with Gasteiger partial charge in [-0.2, -0.15) is 0 Å². The van der Waals surface area contributed by atoms with E-state index in [0.717, 1.165) is 0 Å². The number of amides is 1. The Morgan fingerprint density at radius 3 is 2.64 bits per heavy atom. The third kappa shape index (κ3) is 3.83. The van der Waals surface area contributed by atoms with Crippen molar-refractivity contribution in [1.82, 2.24) is 5.32 Å². The molecule has 0 radical (unpaired) electrons. The first-order valence-electron chi connectivity index (χ1n) is 7.06. The predicted molar refractivity (Wildman–Crippen MR) is 81.3 cm³/mol. The second-order valence-electron chi connectivity index (χ2n) is 4.68. The Morgan fingerprint density at radius 1 is 1.23 bits per heavy atom. The highest BCUT2D eigenvalue weighted by Crippen LogP contribution is 2.19. The molecular formula is C17H18FNO3. The van der Waals surface area contributed by atoms with Crippen LogP contribution in [0.4, 0.5) is 4.39 Å². The molecule has 4 nitrogen and oxygen atoms in total. The average Bonchev–Trinajstić information content (AvgIpc) is 2.53. The minimum Gasteiger partial charge on any atom is -0.493 e. The van der Waals surface area contributed by atoms with E-state index in [4.69, 9.17) is 4.74 Å². The number of halogens is 1. The highest BCUT2D eigenvalue weighted by molar-refractivity contribution is 5.96. The van der Waals surface area contributed by atoms with Gasteiger partial charge < -0.3 is 15.2 Å². The number of carbonyl (C=O) groups is 1. The highest BCUT2D eigenvalue weighted by atomic mass is 19.1. The maximum Gasteiger partial charge on any atom is 0.255 e. The molecule has 0 fully saturated rings. The summed E-state index contributed by atoms with van der Waals surface area (Å²) in [5, 5.41) is 12.6. The molecule has 2 aromatic rings. The van der Waals surface area contributed by atoms with E-state index >= 15 is 0 Å². The maximum atomic E-state index is 13.6. The van der Waals surface area contributed by atoms with Gasteiger partial charge in [0, 0.05) is 12.1 Å². The topological polar surface area (TPSA) is 58.6 Å². The van der Waals surface area contributed by atoms with Crippen LogP contribution in [0.1, 0.15) is 28.9 Å². The van der Waals surface area contributed by atoms with Crippen LogP contribution in [0.3, 0.4) is 0 Å². The zero-order valence-corrected chi connectivity index (χ0v) is 12.3. The Hall–Kier alpha value is -2.40. The van der Waals surface area contributed by atoms with Crippen molar-refractivity contribution in [3.63, 3.8) is 0 Å². The minimum atomic E-state index is -1.11. The van der Waals surface area contributed by atoms with Crippen LogP contribution >= 0.6 is 0 Å². The molecule has 0 unspecified atom stereocenters. The largest absolute Gasteiger partial charge is 0.493 e. The lowest BCUT2D eigenvalue weighted by molar-refractivity contribution is 0.0910. The third-order valence-electron chi connectivity index (χ3n) is 3.15. The Bertz CT molecular complexity index is 645. The molecule has 1 atom stereocenters. The lowest BCUT2D eigenvalue weighted by Gasteiger charge is -2.14. The number of benzene rings is 2. The zero-order valence-electron chi connectivity index (χ0n) is 12.3. The fourth-order valence-electron chi connectivity index (χ4n) is 2.08. The normalized spacial score (nSPS) is 11.8. The van der Waals surface area contributed by atoms with Crippen LogP contribution in [-0.2, 0) is 0 Å². The number of hydrogen-bond acceptors (Lipinski definition) is 3. The summed E-state index contributed by atoms with van der Waals surface area (Å²) in [6.45, 7) is 2.19. The molecule has 116 valence electrons. The maximum absolute atomic E-state index is 13.6. The molecule has 0 aliphatic rings. The lowest BCUT2D eigenvalue weighted by Crippen LogP contribution is -2.29. The summed E-state index contributed by atoms with van der Waals surface area (Å²) in [4.78, 5) is 12.2. The number of rotatable bonds is 6. The molecule has 0 saturated heterocycles. The molecule has 0 spiro atoms. The summed E-state index contributed by atoms with van der Waals surface area (Å²) in [5.41, 5.74) is 0.533. The van der Waals surface area contributed by atoms with E-state index in [1.54, 1.807) is 36.4 Å². The van der Waals surface area contributed by atoms with Gasteiger partial charge in [-0.15, -0.1) is 0 Å². The predicted octanol–water partition coefficient (Wildman–Crippen LogP) is 2.69. The number of hydrogen-bond donors (Lipinski definition) is 2. The molecule has 0 saturated carbocycles. The summed E-state index contributed by atoms with van der Waals surface area (Å²) in [5.74, 6) is -0.402. The summed E-state index contributed by atoms with van der Waals surface area (Å²) < 4.78 is 18.9. The van der Waals surface area contributed by atoms with Crippen LogP contribution < -0.4 is 10.1 Å². The van der Waals surface area contributed by atoms with Gasteiger partial charge in [0.1, 0.15) is 11.6 Å². The van der Waals surface area contributed by atoms with E-state index in [9.17, 15) is 14.3 Å². The van der Waals surface area contributed by atoms with Crippen molar-refractivity contribution >= 4 is 5.91 Å². The van der Waals surface area contributed by atoms with Crippen molar-refractivity contribution in [2.24, 2.45) is 0 Å². The Morgan fingerprint density at radius 2 is 1.91 bits per heavy atom. The first kappa shape index (κ1) is 16.0. The highest BCUT2D eigenvalue weighted by Gasteiger charge is 2.16. The number of carbonyl (C=O) groups excluding carboxylic acids is 1. The molecule has 0 aliphatic heterocycles. The fraction of sp³-hybridized carbons (Fsp3) is 0.235. The van der Waals surface area contributed by atoms with E-state index in [1.165, 1.54) is 12.1 Å². The van der Waals surface area contributed by atoms with Crippen LogP contribution in [0.15, 0.2) is 48.5 Å². The van der Waals surface area contributed by atoms with Gasteiger partial charge in [-0.3, -0.25) is 4.79 Å². The van der Waals surface area contributed by atoms with E-state index in [-0.39, 0.29) is 18.0 Å². The molecule has 0 bridgehead atoms. The van der Waals surface area contributed by atoms with Gasteiger partial charge in [0.05, 0.1) is 18.3 Å². The second kappa shape index (κ2) is 7.56. The van der Waals surface area contributed by atoms with Gasteiger partial charge in [0.15, 0.2) is 0 Å². The summed E-state index contributed by atoms with van der Waals surface area (Å²) in [7, 11) is 0. The summed E-state index contributed by atoms with van der Waals surface area (Å²) in [6.07, 6.45) is -1.11. The molecule has 2 N–H and O–H groups in total. The van der Waals surface area contributed by atoms with Gasteiger partial charge in [-0.1, -0.05) is 30.3 Å². The first-order valence-corrected chi connectivity index (χ1v) is 7.06. The van der Waals surface area contributed by atoms with Crippen LogP contribution in [0, 0.1) is 5.82 Å². The van der Waals surface area contributed by atoms with Crippen molar-refractivity contribution in [2.75, 3.05) is 13.2 Å². The van der Waals surface area contributed by atoms with Crippen LogP contribution in [0.2, 0.25) is 0 Å². The quantitative estimate of drug-likeness (QED) is 0.862. The zero-order chi connectivity index (χ0) is 15.9. The Balaban J connectivity index is 2.03. The summed E-state index contributed by atoms with van der Waals surface area (Å²) >= 11 is 0. The standard InChI is InChI=1S/C17H18FNO3/c1-2-22-16-10-6-4-8-13(16)17(21)19-11-15(20)12-7-3-5-9-14(12)18/h3-10,15,20H,2,11H2,1H3,(H,19,21)/t15-/m1/s1. The Kier molecular flexibility index (Phi) is 5.49. The van der Waals surface area contributed by atoms with Crippen molar-refractivity contribution in [2.45, 2.75) is 13.0 Å². The van der Waals surface area contributed by atoms with Crippen LogP contribution in [0.5, 0.6) is 5.75 Å². The fourth-order valence-corrected chi connectivity index (χ4v) is 2.08. The minimum absolute atomic E-state index is 0.0831. The Labute approximate surface area is 128 Å². The van der Waals surface area contributed by atoms with E-state index in [0.29, 0.717) is 17.9 Å². The van der Waals surface area contributed by atoms with E-state index in [2.05, 4.69) is 5.32 Å². The average molecular weight is 303 g/mol. The van der Waals surface area contributed by atoms with Gasteiger partial charge in [-0.05, 0) is 25.1 Å². The number of ether oxygens (including phenoxy) is 1. The molecule has 2 aromatic carbocycles.